The van der Waals surface area contributed by atoms with E-state index >= 15 is 0 Å². The van der Waals surface area contributed by atoms with Gasteiger partial charge in [-0.05, 0) is 62.0 Å². The van der Waals surface area contributed by atoms with Crippen LogP contribution < -0.4 is 4.90 Å². The number of rotatable bonds is 1. The maximum absolute atomic E-state index is 13.6. The molecule has 170 valence electrons. The molecule has 0 N–H and O–H groups in total. The van der Waals surface area contributed by atoms with Crippen LogP contribution in [0.25, 0.3) is 11.1 Å². The van der Waals surface area contributed by atoms with Gasteiger partial charge in [0.1, 0.15) is 16.7 Å². The molecule has 0 aliphatic carbocycles. The number of oxazole rings is 1. The van der Waals surface area contributed by atoms with Gasteiger partial charge in [-0.15, -0.1) is 0 Å². The van der Waals surface area contributed by atoms with Crippen molar-refractivity contribution in [2.24, 2.45) is 0 Å². The number of anilines is 1. The van der Waals surface area contributed by atoms with Crippen LogP contribution in [0.4, 0.5) is 24.0 Å². The van der Waals surface area contributed by atoms with Gasteiger partial charge in [0, 0.05) is 13.1 Å². The number of nitrogens with zero attached hydrogens (tertiary/aromatic N) is 3. The molecule has 2 aliphatic heterocycles. The molecule has 3 heterocycles. The summed E-state index contributed by atoms with van der Waals surface area (Å²) in [6.07, 6.45) is -2.52. The van der Waals surface area contributed by atoms with E-state index in [0.29, 0.717) is 17.6 Å². The van der Waals surface area contributed by atoms with Crippen molar-refractivity contribution in [3.8, 4) is 0 Å². The zero-order valence-corrected chi connectivity index (χ0v) is 19.6. The highest BCUT2D eigenvalue weighted by atomic mass is 79.9. The third kappa shape index (κ3) is 4.33. The number of fused-ring (bicyclic) bond motifs is 3. The molecule has 2 aliphatic rings. The Kier molecular flexibility index (Phi) is 5.61. The molecule has 4 rings (SSSR count). The van der Waals surface area contributed by atoms with E-state index in [4.69, 9.17) is 20.8 Å². The molecule has 0 radical (unpaired) electrons. The average molecular weight is 525 g/mol. The Bertz CT molecular complexity index is 1010. The highest BCUT2D eigenvalue weighted by Crippen LogP contribution is 2.44. The van der Waals surface area contributed by atoms with E-state index in [9.17, 15) is 18.0 Å². The molecule has 0 spiro atoms. The molecular formula is C20H22BrClF3N3O3. The summed E-state index contributed by atoms with van der Waals surface area (Å²) in [6, 6.07) is 0.985. The quantitative estimate of drug-likeness (QED) is 0.442. The van der Waals surface area contributed by atoms with Gasteiger partial charge in [0.25, 0.3) is 6.01 Å². The number of carbonyl (C=O) groups is 1. The number of benzene rings is 1. The Balaban J connectivity index is 1.66. The van der Waals surface area contributed by atoms with E-state index in [1.54, 1.807) is 9.80 Å². The maximum Gasteiger partial charge on any atom is 0.420 e. The minimum atomic E-state index is -4.67. The number of aromatic nitrogens is 1. The molecule has 2 atom stereocenters. The second-order valence-electron chi connectivity index (χ2n) is 8.92. The summed E-state index contributed by atoms with van der Waals surface area (Å²) in [5.41, 5.74) is -1.97. The average Bonchev–Trinajstić information content (AvgIpc) is 3.03. The first-order valence-corrected chi connectivity index (χ1v) is 11.1. The smallest absolute Gasteiger partial charge is 0.420 e. The van der Waals surface area contributed by atoms with E-state index in [2.05, 4.69) is 20.9 Å². The van der Waals surface area contributed by atoms with Crippen molar-refractivity contribution in [1.82, 2.24) is 9.88 Å². The minimum Gasteiger partial charge on any atom is -0.444 e. The standard InChI is InChI=1S/C20H22BrClF3N3O3/c1-19(2,3)31-18(29)28-10-5-4-6-11(28)9-27(8-10)17-26-15-14(20(23,24)25)13(22)7-12(21)16(15)30-17/h7,10-11H,4-6,8-9H2,1-3H3. The summed E-state index contributed by atoms with van der Waals surface area (Å²) in [7, 11) is 0. The number of ether oxygens (including phenoxy) is 1. The summed E-state index contributed by atoms with van der Waals surface area (Å²) < 4.78 is 52.3. The van der Waals surface area contributed by atoms with Crippen LogP contribution in [0.5, 0.6) is 0 Å². The van der Waals surface area contributed by atoms with Gasteiger partial charge in [0.15, 0.2) is 5.58 Å². The molecule has 2 unspecified atom stereocenters. The van der Waals surface area contributed by atoms with E-state index in [0.717, 1.165) is 25.3 Å². The zero-order valence-electron chi connectivity index (χ0n) is 17.2. The number of piperazine rings is 1. The van der Waals surface area contributed by atoms with Gasteiger partial charge in [0.05, 0.1) is 21.6 Å². The van der Waals surface area contributed by atoms with Crippen LogP contribution in [0.2, 0.25) is 5.02 Å². The van der Waals surface area contributed by atoms with Gasteiger partial charge in [-0.3, -0.25) is 4.90 Å². The number of alkyl halides is 3. The van der Waals surface area contributed by atoms with Crippen molar-refractivity contribution in [2.45, 2.75) is 63.9 Å². The summed E-state index contributed by atoms with van der Waals surface area (Å²) >= 11 is 9.09. The van der Waals surface area contributed by atoms with Crippen molar-refractivity contribution in [3.63, 3.8) is 0 Å². The van der Waals surface area contributed by atoms with E-state index in [-0.39, 0.29) is 35.3 Å². The molecule has 1 aromatic heterocycles. The fourth-order valence-electron chi connectivity index (χ4n) is 4.28. The number of amides is 1. The molecular weight excluding hydrogens is 503 g/mol. The molecule has 31 heavy (non-hydrogen) atoms. The lowest BCUT2D eigenvalue weighted by Gasteiger charge is -2.49. The first kappa shape index (κ1) is 22.5. The molecule has 2 fully saturated rings. The van der Waals surface area contributed by atoms with Gasteiger partial charge >= 0.3 is 12.3 Å². The Morgan fingerprint density at radius 3 is 2.42 bits per heavy atom. The van der Waals surface area contributed by atoms with Gasteiger partial charge in [0.2, 0.25) is 0 Å². The highest BCUT2D eigenvalue weighted by Gasteiger charge is 2.44. The van der Waals surface area contributed by atoms with E-state index in [1.807, 2.05) is 20.8 Å². The Morgan fingerprint density at radius 2 is 1.87 bits per heavy atom. The molecule has 1 amide bonds. The Labute approximate surface area is 190 Å². The van der Waals surface area contributed by atoms with Crippen LogP contribution in [0.15, 0.2) is 15.0 Å². The first-order valence-electron chi connectivity index (χ1n) is 9.97. The van der Waals surface area contributed by atoms with Crippen LogP contribution in [0, 0.1) is 0 Å². The van der Waals surface area contributed by atoms with Crippen LogP contribution >= 0.6 is 27.5 Å². The van der Waals surface area contributed by atoms with Gasteiger partial charge in [-0.1, -0.05) is 11.6 Å². The largest absolute Gasteiger partial charge is 0.444 e. The number of hydrogen-bond donors (Lipinski definition) is 0. The monoisotopic (exact) mass is 523 g/mol. The van der Waals surface area contributed by atoms with Crippen LogP contribution in [-0.4, -0.2) is 46.8 Å². The highest BCUT2D eigenvalue weighted by molar-refractivity contribution is 9.10. The molecule has 11 heteroatoms. The second-order valence-corrected chi connectivity index (χ2v) is 10.2. The number of carbonyl (C=O) groups excluding carboxylic acids is 1. The SMILES string of the molecule is CC(C)(C)OC(=O)N1C2CCCC1CN(c1nc3c(C(F)(F)F)c(Cl)cc(Br)c3o1)C2. The van der Waals surface area contributed by atoms with Gasteiger partial charge in [-0.25, -0.2) is 4.79 Å². The first-order chi connectivity index (χ1) is 14.3. The van der Waals surface area contributed by atoms with E-state index in [1.165, 1.54) is 0 Å². The molecule has 2 bridgehead atoms. The van der Waals surface area contributed by atoms with Gasteiger partial charge in [-0.2, -0.15) is 18.2 Å². The second kappa shape index (κ2) is 7.72. The zero-order chi connectivity index (χ0) is 22.7. The molecule has 0 saturated carbocycles. The maximum atomic E-state index is 13.6. The van der Waals surface area contributed by atoms with Crippen molar-refractivity contribution in [1.29, 1.82) is 0 Å². The molecule has 1 aromatic carbocycles. The van der Waals surface area contributed by atoms with Crippen LogP contribution in [0.3, 0.4) is 0 Å². The van der Waals surface area contributed by atoms with Crippen LogP contribution in [0.1, 0.15) is 45.6 Å². The Hall–Kier alpha value is -1.68. The Morgan fingerprint density at radius 1 is 1.26 bits per heavy atom. The number of piperidine rings is 1. The van der Waals surface area contributed by atoms with Crippen molar-refractivity contribution < 1.29 is 27.1 Å². The number of halogens is 5. The predicted octanol–water partition coefficient (Wildman–Crippen LogP) is 6.24. The normalized spacial score (nSPS) is 22.2. The molecule has 2 aromatic rings. The summed E-state index contributed by atoms with van der Waals surface area (Å²) in [4.78, 5) is 20.5. The van der Waals surface area contributed by atoms with Crippen molar-refractivity contribution >= 4 is 50.7 Å². The minimum absolute atomic E-state index is 0.00791. The van der Waals surface area contributed by atoms with Crippen molar-refractivity contribution in [3.05, 3.63) is 21.1 Å². The van der Waals surface area contributed by atoms with Crippen LogP contribution in [-0.2, 0) is 10.9 Å². The van der Waals surface area contributed by atoms with Gasteiger partial charge < -0.3 is 14.1 Å². The lowest BCUT2D eigenvalue weighted by atomic mass is 9.92. The van der Waals surface area contributed by atoms with E-state index < -0.39 is 22.4 Å². The number of hydrogen-bond acceptors (Lipinski definition) is 5. The molecule has 6 nitrogen and oxygen atoms in total. The lowest BCUT2D eigenvalue weighted by Crippen LogP contribution is -2.63. The topological polar surface area (TPSA) is 58.8 Å². The fourth-order valence-corrected chi connectivity index (χ4v) is 5.22. The summed E-state index contributed by atoms with van der Waals surface area (Å²) in [5.74, 6) is 0. The third-order valence-electron chi connectivity index (χ3n) is 5.44. The van der Waals surface area contributed by atoms with Crippen molar-refractivity contribution in [2.75, 3.05) is 18.0 Å². The molecule has 2 saturated heterocycles. The summed E-state index contributed by atoms with van der Waals surface area (Å²) in [6.45, 7) is 6.24. The third-order valence-corrected chi connectivity index (χ3v) is 6.33. The summed E-state index contributed by atoms with van der Waals surface area (Å²) in [5, 5.41) is -0.446. The lowest BCUT2D eigenvalue weighted by molar-refractivity contribution is -0.136. The fraction of sp³-hybridized carbons (Fsp3) is 0.600. The predicted molar refractivity (Wildman–Crippen MR) is 113 cm³/mol.